The number of nitrogens with one attached hydrogen (secondary N) is 2. The van der Waals surface area contributed by atoms with Gasteiger partial charge in [-0.15, -0.1) is 12.4 Å². The molecule has 1 heterocycles. The molecular formula is C16H26ClN3O3. The molecule has 1 saturated heterocycles. The summed E-state index contributed by atoms with van der Waals surface area (Å²) in [7, 11) is 0. The Morgan fingerprint density at radius 1 is 1.22 bits per heavy atom. The summed E-state index contributed by atoms with van der Waals surface area (Å²) in [6.07, 6.45) is 0. The standard InChI is InChI=1S/C16H25N3O3.ClH/c1-2-21-14-5-3-4-6-15(14)22-13-16(20)18-9-12-19-10-7-17-8-11-19;/h3-6,17H,2,7-13H2,1H3,(H,18,20);1H. The minimum atomic E-state index is -0.110. The highest BCUT2D eigenvalue weighted by molar-refractivity contribution is 5.85. The fourth-order valence-electron chi connectivity index (χ4n) is 2.33. The van der Waals surface area contributed by atoms with Crippen molar-refractivity contribution in [2.45, 2.75) is 6.92 Å². The maximum atomic E-state index is 11.8. The van der Waals surface area contributed by atoms with Crippen LogP contribution in [0.15, 0.2) is 24.3 Å². The Morgan fingerprint density at radius 3 is 2.52 bits per heavy atom. The van der Waals surface area contributed by atoms with Crippen molar-refractivity contribution in [2.24, 2.45) is 0 Å². The lowest BCUT2D eigenvalue weighted by molar-refractivity contribution is -0.123. The number of ether oxygens (including phenoxy) is 2. The van der Waals surface area contributed by atoms with Crippen LogP contribution >= 0.6 is 12.4 Å². The second kappa shape index (κ2) is 11.1. The number of hydrogen-bond acceptors (Lipinski definition) is 5. The molecule has 0 aromatic heterocycles. The molecule has 2 rings (SSSR count). The molecule has 130 valence electrons. The summed E-state index contributed by atoms with van der Waals surface area (Å²) in [5.41, 5.74) is 0. The molecule has 1 amide bonds. The van der Waals surface area contributed by atoms with Crippen LogP contribution in [-0.4, -0.2) is 63.3 Å². The summed E-state index contributed by atoms with van der Waals surface area (Å²) in [5.74, 6) is 1.15. The number of nitrogens with zero attached hydrogens (tertiary/aromatic N) is 1. The van der Waals surface area contributed by atoms with Gasteiger partial charge in [0.2, 0.25) is 0 Å². The maximum absolute atomic E-state index is 11.8. The van der Waals surface area contributed by atoms with E-state index in [4.69, 9.17) is 9.47 Å². The molecule has 1 aromatic rings. The molecule has 23 heavy (non-hydrogen) atoms. The van der Waals surface area contributed by atoms with Crippen molar-refractivity contribution in [1.82, 2.24) is 15.5 Å². The zero-order valence-corrected chi connectivity index (χ0v) is 14.4. The average Bonchev–Trinajstić information content (AvgIpc) is 2.55. The van der Waals surface area contributed by atoms with Gasteiger partial charge in [-0.25, -0.2) is 0 Å². The first-order valence-electron chi connectivity index (χ1n) is 7.84. The van der Waals surface area contributed by atoms with E-state index >= 15 is 0 Å². The first kappa shape index (κ1) is 19.5. The minimum Gasteiger partial charge on any atom is -0.490 e. The second-order valence-electron chi connectivity index (χ2n) is 5.11. The van der Waals surface area contributed by atoms with Crippen LogP contribution in [0.3, 0.4) is 0 Å². The lowest BCUT2D eigenvalue weighted by atomic mass is 10.3. The number of piperazine rings is 1. The van der Waals surface area contributed by atoms with E-state index in [-0.39, 0.29) is 24.9 Å². The number of para-hydroxylation sites is 2. The van der Waals surface area contributed by atoms with Crippen molar-refractivity contribution in [1.29, 1.82) is 0 Å². The van der Waals surface area contributed by atoms with Gasteiger partial charge < -0.3 is 20.1 Å². The number of amides is 1. The molecule has 0 bridgehead atoms. The van der Waals surface area contributed by atoms with E-state index in [0.29, 0.717) is 24.7 Å². The van der Waals surface area contributed by atoms with E-state index in [1.165, 1.54) is 0 Å². The fourth-order valence-corrected chi connectivity index (χ4v) is 2.33. The Kier molecular flexibility index (Phi) is 9.43. The first-order chi connectivity index (χ1) is 10.8. The minimum absolute atomic E-state index is 0. The summed E-state index contributed by atoms with van der Waals surface area (Å²) < 4.78 is 11.0. The van der Waals surface area contributed by atoms with Gasteiger partial charge in [0.15, 0.2) is 18.1 Å². The number of hydrogen-bond donors (Lipinski definition) is 2. The van der Waals surface area contributed by atoms with Crippen LogP contribution in [-0.2, 0) is 4.79 Å². The van der Waals surface area contributed by atoms with Crippen LogP contribution in [0.2, 0.25) is 0 Å². The molecule has 2 N–H and O–H groups in total. The monoisotopic (exact) mass is 343 g/mol. The summed E-state index contributed by atoms with van der Waals surface area (Å²) >= 11 is 0. The van der Waals surface area contributed by atoms with Crippen LogP contribution in [0.25, 0.3) is 0 Å². The molecule has 1 aromatic carbocycles. The van der Waals surface area contributed by atoms with Gasteiger partial charge in [-0.3, -0.25) is 9.69 Å². The average molecular weight is 344 g/mol. The van der Waals surface area contributed by atoms with Crippen molar-refractivity contribution in [3.05, 3.63) is 24.3 Å². The van der Waals surface area contributed by atoms with E-state index < -0.39 is 0 Å². The summed E-state index contributed by atoms with van der Waals surface area (Å²) in [6.45, 7) is 8.12. The molecule has 7 heteroatoms. The third kappa shape index (κ3) is 7.07. The van der Waals surface area contributed by atoms with Gasteiger partial charge in [-0.05, 0) is 19.1 Å². The van der Waals surface area contributed by atoms with E-state index in [9.17, 15) is 4.79 Å². The van der Waals surface area contributed by atoms with Gasteiger partial charge in [0.05, 0.1) is 6.61 Å². The molecule has 1 aliphatic rings. The molecule has 0 unspecified atom stereocenters. The number of benzene rings is 1. The Bertz CT molecular complexity index is 468. The smallest absolute Gasteiger partial charge is 0.257 e. The zero-order chi connectivity index (χ0) is 15.6. The van der Waals surface area contributed by atoms with E-state index in [2.05, 4.69) is 15.5 Å². The molecule has 0 spiro atoms. The molecule has 1 aliphatic heterocycles. The molecule has 0 saturated carbocycles. The fraction of sp³-hybridized carbons (Fsp3) is 0.562. The quantitative estimate of drug-likeness (QED) is 0.734. The van der Waals surface area contributed by atoms with Gasteiger partial charge in [0, 0.05) is 39.3 Å². The SMILES string of the molecule is CCOc1ccccc1OCC(=O)NCCN1CCNCC1.Cl. The van der Waals surface area contributed by atoms with Gasteiger partial charge in [0.1, 0.15) is 0 Å². The highest BCUT2D eigenvalue weighted by atomic mass is 35.5. The van der Waals surface area contributed by atoms with E-state index in [1.54, 1.807) is 6.07 Å². The summed E-state index contributed by atoms with van der Waals surface area (Å²) in [5, 5.41) is 6.19. The van der Waals surface area contributed by atoms with Crippen molar-refractivity contribution in [2.75, 3.05) is 52.5 Å². The van der Waals surface area contributed by atoms with Gasteiger partial charge in [-0.1, -0.05) is 12.1 Å². The predicted octanol–water partition coefficient (Wildman–Crippen LogP) is 0.907. The van der Waals surface area contributed by atoms with E-state index in [0.717, 1.165) is 32.7 Å². The first-order valence-corrected chi connectivity index (χ1v) is 7.84. The number of halogens is 1. The molecule has 0 aliphatic carbocycles. The van der Waals surface area contributed by atoms with Gasteiger partial charge >= 0.3 is 0 Å². The summed E-state index contributed by atoms with van der Waals surface area (Å²) in [4.78, 5) is 14.2. The van der Waals surface area contributed by atoms with E-state index in [1.807, 2.05) is 25.1 Å². The second-order valence-corrected chi connectivity index (χ2v) is 5.11. The molecule has 0 radical (unpaired) electrons. The van der Waals surface area contributed by atoms with Crippen LogP contribution in [0.5, 0.6) is 11.5 Å². The molecule has 1 fully saturated rings. The highest BCUT2D eigenvalue weighted by Crippen LogP contribution is 2.26. The Balaban J connectivity index is 0.00000264. The van der Waals surface area contributed by atoms with Crippen LogP contribution in [0, 0.1) is 0 Å². The molecular weight excluding hydrogens is 318 g/mol. The lowest BCUT2D eigenvalue weighted by Crippen LogP contribution is -2.46. The van der Waals surface area contributed by atoms with Crippen molar-refractivity contribution < 1.29 is 14.3 Å². The zero-order valence-electron chi connectivity index (χ0n) is 13.5. The topological polar surface area (TPSA) is 62.8 Å². The van der Waals surface area contributed by atoms with Crippen molar-refractivity contribution in [3.63, 3.8) is 0 Å². The predicted molar refractivity (Wildman–Crippen MR) is 92.7 cm³/mol. The maximum Gasteiger partial charge on any atom is 0.257 e. The van der Waals surface area contributed by atoms with Crippen LogP contribution in [0.1, 0.15) is 6.92 Å². The summed E-state index contributed by atoms with van der Waals surface area (Å²) in [6, 6.07) is 7.38. The third-order valence-electron chi connectivity index (χ3n) is 3.47. The molecule has 6 nitrogen and oxygen atoms in total. The number of rotatable bonds is 8. The van der Waals surface area contributed by atoms with Crippen LogP contribution in [0.4, 0.5) is 0 Å². The van der Waals surface area contributed by atoms with Crippen molar-refractivity contribution in [3.8, 4) is 11.5 Å². The Labute approximate surface area is 143 Å². The lowest BCUT2D eigenvalue weighted by Gasteiger charge is -2.27. The number of carbonyl (C=O) groups excluding carboxylic acids is 1. The Morgan fingerprint density at radius 2 is 1.87 bits per heavy atom. The highest BCUT2D eigenvalue weighted by Gasteiger charge is 2.10. The molecule has 0 atom stereocenters. The largest absolute Gasteiger partial charge is 0.490 e. The Hall–Kier alpha value is -1.50. The van der Waals surface area contributed by atoms with Gasteiger partial charge in [-0.2, -0.15) is 0 Å². The van der Waals surface area contributed by atoms with Gasteiger partial charge in [0.25, 0.3) is 5.91 Å². The van der Waals surface area contributed by atoms with Crippen molar-refractivity contribution >= 4 is 18.3 Å². The van der Waals surface area contributed by atoms with Crippen LogP contribution < -0.4 is 20.1 Å². The third-order valence-corrected chi connectivity index (χ3v) is 3.47. The number of carbonyl (C=O) groups is 1. The normalized spacial score (nSPS) is 14.7.